The van der Waals surface area contributed by atoms with Crippen LogP contribution in [0.1, 0.15) is 43.7 Å². The Bertz CT molecular complexity index is 458. The molecule has 0 saturated carbocycles. The second-order valence-corrected chi connectivity index (χ2v) is 4.98. The number of ether oxygens (including phenoxy) is 1. The molecule has 0 radical (unpaired) electrons. The fraction of sp³-hybridized carbons (Fsp3) is 0.692. The van der Waals surface area contributed by atoms with Crippen molar-refractivity contribution in [2.45, 2.75) is 45.5 Å². The number of hydrogen-bond acceptors (Lipinski definition) is 3. The van der Waals surface area contributed by atoms with Crippen LogP contribution >= 0.6 is 0 Å². The van der Waals surface area contributed by atoms with Crippen molar-refractivity contribution >= 4 is 5.91 Å². The van der Waals surface area contributed by atoms with E-state index in [4.69, 9.17) is 0 Å². The third-order valence-electron chi connectivity index (χ3n) is 2.78. The first-order valence-electron chi connectivity index (χ1n) is 6.73. The third-order valence-corrected chi connectivity index (χ3v) is 2.78. The van der Waals surface area contributed by atoms with Crippen molar-refractivity contribution in [3.63, 3.8) is 0 Å². The molecule has 120 valence electrons. The first kappa shape index (κ1) is 17.5. The van der Waals surface area contributed by atoms with E-state index in [2.05, 4.69) is 15.2 Å². The van der Waals surface area contributed by atoms with Crippen LogP contribution in [0.25, 0.3) is 0 Å². The molecule has 1 rings (SSSR count). The summed E-state index contributed by atoms with van der Waals surface area (Å²) in [5.74, 6) is -0.420. The maximum absolute atomic E-state index is 12.0. The lowest BCUT2D eigenvalue weighted by Crippen LogP contribution is -2.38. The van der Waals surface area contributed by atoms with Gasteiger partial charge in [-0.1, -0.05) is 6.92 Å². The molecule has 0 aliphatic heterocycles. The highest BCUT2D eigenvalue weighted by Crippen LogP contribution is 2.14. The van der Waals surface area contributed by atoms with E-state index in [9.17, 15) is 18.0 Å². The summed E-state index contributed by atoms with van der Waals surface area (Å²) in [6, 6.07) is 1.21. The van der Waals surface area contributed by atoms with E-state index in [1.807, 2.05) is 13.8 Å². The SMILES string of the molecule is CCC(COCC(F)(F)F)NC(=O)c1ccn(C(C)C)n1. The molecule has 1 unspecified atom stereocenters. The molecule has 0 bridgehead atoms. The molecule has 0 aliphatic rings. The van der Waals surface area contributed by atoms with Crippen molar-refractivity contribution in [2.75, 3.05) is 13.2 Å². The average Bonchev–Trinajstić information content (AvgIpc) is 2.85. The van der Waals surface area contributed by atoms with E-state index in [0.717, 1.165) is 0 Å². The molecule has 1 aromatic heterocycles. The summed E-state index contributed by atoms with van der Waals surface area (Å²) < 4.78 is 42.2. The van der Waals surface area contributed by atoms with Gasteiger partial charge in [-0.2, -0.15) is 18.3 Å². The van der Waals surface area contributed by atoms with Gasteiger partial charge in [-0.3, -0.25) is 9.48 Å². The van der Waals surface area contributed by atoms with E-state index in [0.29, 0.717) is 6.42 Å². The van der Waals surface area contributed by atoms with Gasteiger partial charge in [0.05, 0.1) is 12.6 Å². The van der Waals surface area contributed by atoms with Gasteiger partial charge in [0.15, 0.2) is 0 Å². The lowest BCUT2D eigenvalue weighted by atomic mass is 10.2. The Labute approximate surface area is 121 Å². The Morgan fingerprint density at radius 3 is 2.62 bits per heavy atom. The number of amides is 1. The molecule has 0 spiro atoms. The molecule has 0 aromatic carbocycles. The van der Waals surface area contributed by atoms with Crippen molar-refractivity contribution in [3.8, 4) is 0 Å². The third kappa shape index (κ3) is 6.16. The lowest BCUT2D eigenvalue weighted by Gasteiger charge is -2.17. The van der Waals surface area contributed by atoms with Crippen LogP contribution in [0.2, 0.25) is 0 Å². The van der Waals surface area contributed by atoms with Gasteiger partial charge >= 0.3 is 6.18 Å². The summed E-state index contributed by atoms with van der Waals surface area (Å²) in [7, 11) is 0. The largest absolute Gasteiger partial charge is 0.411 e. The molecular formula is C13H20F3N3O2. The summed E-state index contributed by atoms with van der Waals surface area (Å²) >= 11 is 0. The van der Waals surface area contributed by atoms with E-state index >= 15 is 0 Å². The number of alkyl halides is 3. The summed E-state index contributed by atoms with van der Waals surface area (Å²) in [6.45, 7) is 4.10. The molecule has 8 heteroatoms. The summed E-state index contributed by atoms with van der Waals surface area (Å²) in [4.78, 5) is 11.9. The number of hydrogen-bond donors (Lipinski definition) is 1. The standard InChI is InChI=1S/C13H20F3N3O2/c1-4-10(7-21-8-13(14,15)16)17-12(20)11-5-6-19(18-11)9(2)3/h5-6,9-10H,4,7-8H2,1-3H3,(H,17,20). The maximum atomic E-state index is 12.0. The second-order valence-electron chi connectivity index (χ2n) is 4.98. The fourth-order valence-electron chi connectivity index (χ4n) is 1.58. The van der Waals surface area contributed by atoms with Crippen molar-refractivity contribution in [1.29, 1.82) is 0 Å². The molecule has 1 amide bonds. The monoisotopic (exact) mass is 307 g/mol. The number of carbonyl (C=O) groups excluding carboxylic acids is 1. The maximum Gasteiger partial charge on any atom is 0.411 e. The van der Waals surface area contributed by atoms with Gasteiger partial charge in [0.2, 0.25) is 0 Å². The zero-order valence-electron chi connectivity index (χ0n) is 12.3. The zero-order chi connectivity index (χ0) is 16.0. The number of carbonyl (C=O) groups is 1. The highest BCUT2D eigenvalue weighted by Gasteiger charge is 2.28. The molecule has 0 saturated heterocycles. The van der Waals surface area contributed by atoms with E-state index < -0.39 is 24.7 Å². The van der Waals surface area contributed by atoms with Gasteiger partial charge in [-0.25, -0.2) is 0 Å². The predicted molar refractivity (Wildman–Crippen MR) is 71.0 cm³/mol. The second kappa shape index (κ2) is 7.44. The molecule has 0 fully saturated rings. The molecule has 21 heavy (non-hydrogen) atoms. The predicted octanol–water partition coefficient (Wildman–Crippen LogP) is 2.55. The van der Waals surface area contributed by atoms with Gasteiger partial charge in [0.25, 0.3) is 5.91 Å². The van der Waals surface area contributed by atoms with Crippen LogP contribution in [-0.2, 0) is 4.74 Å². The summed E-state index contributed by atoms with van der Waals surface area (Å²) in [5, 5.41) is 6.71. The molecule has 1 aromatic rings. The molecule has 1 heterocycles. The summed E-state index contributed by atoms with van der Waals surface area (Å²) in [6.07, 6.45) is -2.21. The van der Waals surface area contributed by atoms with Crippen molar-refractivity contribution in [2.24, 2.45) is 0 Å². The molecular weight excluding hydrogens is 287 g/mol. The Hall–Kier alpha value is -1.57. The van der Waals surface area contributed by atoms with E-state index in [-0.39, 0.29) is 18.3 Å². The van der Waals surface area contributed by atoms with Crippen LogP contribution in [0.3, 0.4) is 0 Å². The normalized spacial score (nSPS) is 13.5. The number of aromatic nitrogens is 2. The van der Waals surface area contributed by atoms with E-state index in [1.165, 1.54) is 0 Å². The molecule has 1 atom stereocenters. The highest BCUT2D eigenvalue weighted by atomic mass is 19.4. The van der Waals surface area contributed by atoms with Crippen molar-refractivity contribution in [3.05, 3.63) is 18.0 Å². The van der Waals surface area contributed by atoms with Crippen molar-refractivity contribution < 1.29 is 22.7 Å². The zero-order valence-corrected chi connectivity index (χ0v) is 12.3. The number of nitrogens with one attached hydrogen (secondary N) is 1. The van der Waals surface area contributed by atoms with Crippen LogP contribution in [0.4, 0.5) is 13.2 Å². The summed E-state index contributed by atoms with van der Waals surface area (Å²) in [5.41, 5.74) is 0.234. The topological polar surface area (TPSA) is 56.1 Å². The minimum atomic E-state index is -4.36. The minimum Gasteiger partial charge on any atom is -0.370 e. The van der Waals surface area contributed by atoms with Crippen LogP contribution in [0, 0.1) is 0 Å². The fourth-order valence-corrected chi connectivity index (χ4v) is 1.58. The van der Waals surface area contributed by atoms with Gasteiger partial charge in [-0.05, 0) is 26.3 Å². The Kier molecular flexibility index (Phi) is 6.19. The number of halogens is 3. The van der Waals surface area contributed by atoms with E-state index in [1.54, 1.807) is 23.9 Å². The first-order chi connectivity index (χ1) is 9.73. The quantitative estimate of drug-likeness (QED) is 0.842. The number of nitrogens with zero attached hydrogens (tertiary/aromatic N) is 2. The molecule has 5 nitrogen and oxygen atoms in total. The average molecular weight is 307 g/mol. The van der Waals surface area contributed by atoms with Gasteiger partial charge < -0.3 is 10.1 Å². The van der Waals surface area contributed by atoms with Crippen molar-refractivity contribution in [1.82, 2.24) is 15.1 Å². The molecule has 1 N–H and O–H groups in total. The van der Waals surface area contributed by atoms with Crippen LogP contribution < -0.4 is 5.32 Å². The van der Waals surface area contributed by atoms with Crippen LogP contribution in [0.15, 0.2) is 12.3 Å². The van der Waals surface area contributed by atoms with Crippen LogP contribution in [0.5, 0.6) is 0 Å². The smallest absolute Gasteiger partial charge is 0.370 e. The Morgan fingerprint density at radius 2 is 2.14 bits per heavy atom. The Morgan fingerprint density at radius 1 is 1.48 bits per heavy atom. The first-order valence-corrected chi connectivity index (χ1v) is 6.73. The van der Waals surface area contributed by atoms with Gasteiger partial charge in [0, 0.05) is 12.2 Å². The van der Waals surface area contributed by atoms with Gasteiger partial charge in [-0.15, -0.1) is 0 Å². The Balaban J connectivity index is 2.50. The number of rotatable bonds is 7. The van der Waals surface area contributed by atoms with Crippen LogP contribution in [-0.4, -0.2) is 41.1 Å². The highest BCUT2D eigenvalue weighted by molar-refractivity contribution is 5.92. The molecule has 0 aliphatic carbocycles. The minimum absolute atomic E-state index is 0.128. The lowest BCUT2D eigenvalue weighted by molar-refractivity contribution is -0.175. The van der Waals surface area contributed by atoms with Gasteiger partial charge in [0.1, 0.15) is 12.3 Å².